The summed E-state index contributed by atoms with van der Waals surface area (Å²) in [7, 11) is 1.36. The molecule has 33 heavy (non-hydrogen) atoms. The van der Waals surface area contributed by atoms with Gasteiger partial charge in [-0.25, -0.2) is 4.79 Å². The van der Waals surface area contributed by atoms with E-state index in [9.17, 15) is 9.59 Å². The van der Waals surface area contributed by atoms with Gasteiger partial charge in [0.15, 0.2) is 5.78 Å². The quantitative estimate of drug-likeness (QED) is 0.557. The lowest BCUT2D eigenvalue weighted by molar-refractivity contribution is -0.136. The molecule has 0 saturated carbocycles. The number of ketones is 1. The van der Waals surface area contributed by atoms with Crippen molar-refractivity contribution in [1.29, 1.82) is 0 Å². The molecule has 0 amide bonds. The van der Waals surface area contributed by atoms with E-state index >= 15 is 0 Å². The number of rotatable bonds is 6. The number of carbonyl (C=O) groups is 2. The SMILES string of the molecule is CCCOc1ccccc1[C@@H]1C(C(=O)OC)=C(C)NC2=C1C(=O)C[C@@H](c1ccc(Cl)cc1)C2. The molecule has 4 rings (SSSR count). The molecule has 2 aliphatic rings. The number of dihydropyridines is 1. The van der Waals surface area contributed by atoms with Gasteiger partial charge in [-0.1, -0.05) is 48.9 Å². The molecular weight excluding hydrogens is 438 g/mol. The van der Waals surface area contributed by atoms with Crippen LogP contribution in [0.25, 0.3) is 0 Å². The Kier molecular flexibility index (Phi) is 6.89. The predicted molar refractivity (Wildman–Crippen MR) is 128 cm³/mol. The third-order valence-electron chi connectivity index (χ3n) is 6.27. The minimum Gasteiger partial charge on any atom is -0.493 e. The maximum absolute atomic E-state index is 13.6. The Morgan fingerprint density at radius 3 is 2.55 bits per heavy atom. The number of para-hydroxylation sites is 1. The molecule has 2 atom stereocenters. The van der Waals surface area contributed by atoms with Gasteiger partial charge in [-0.2, -0.15) is 0 Å². The maximum atomic E-state index is 13.6. The lowest BCUT2D eigenvalue weighted by Gasteiger charge is -2.37. The number of Topliss-reactive ketones (excluding diaryl/α,β-unsaturated/α-hetero) is 1. The van der Waals surface area contributed by atoms with E-state index in [1.165, 1.54) is 7.11 Å². The molecule has 2 aromatic rings. The van der Waals surface area contributed by atoms with E-state index in [1.54, 1.807) is 0 Å². The van der Waals surface area contributed by atoms with Gasteiger partial charge in [0.05, 0.1) is 25.2 Å². The molecule has 1 aliphatic heterocycles. The number of nitrogens with one attached hydrogen (secondary N) is 1. The van der Waals surface area contributed by atoms with Gasteiger partial charge in [0.2, 0.25) is 0 Å². The van der Waals surface area contributed by atoms with Gasteiger partial charge in [-0.05, 0) is 49.4 Å². The van der Waals surface area contributed by atoms with Gasteiger partial charge in [-0.3, -0.25) is 4.79 Å². The minimum absolute atomic E-state index is 0.0212. The van der Waals surface area contributed by atoms with Crippen LogP contribution in [0.5, 0.6) is 5.75 Å². The minimum atomic E-state index is -0.541. The molecule has 1 aliphatic carbocycles. The molecule has 0 aromatic heterocycles. The van der Waals surface area contributed by atoms with E-state index in [0.29, 0.717) is 47.1 Å². The van der Waals surface area contributed by atoms with Crippen molar-refractivity contribution in [2.45, 2.75) is 44.9 Å². The van der Waals surface area contributed by atoms with E-state index in [4.69, 9.17) is 21.1 Å². The first-order chi connectivity index (χ1) is 15.9. The second kappa shape index (κ2) is 9.84. The van der Waals surface area contributed by atoms with Gasteiger partial charge in [0, 0.05) is 34.0 Å². The molecule has 6 heteroatoms. The van der Waals surface area contributed by atoms with Crippen molar-refractivity contribution in [2.75, 3.05) is 13.7 Å². The first-order valence-corrected chi connectivity index (χ1v) is 11.6. The number of esters is 1. The molecule has 1 N–H and O–H groups in total. The standard InChI is InChI=1S/C27H28ClNO4/c1-4-13-33-23-8-6-5-7-20(23)25-24(27(31)32-3)16(2)29-21-14-18(15-22(30)26(21)25)17-9-11-19(28)12-10-17/h5-12,18,25,29H,4,13-15H2,1-3H3/t18-,25+/m0/s1. The summed E-state index contributed by atoms with van der Waals surface area (Å²) in [5.41, 5.74) is 4.50. The molecule has 0 radical (unpaired) electrons. The molecule has 0 unspecified atom stereocenters. The highest BCUT2D eigenvalue weighted by Crippen LogP contribution is 2.47. The smallest absolute Gasteiger partial charge is 0.336 e. The van der Waals surface area contributed by atoms with Gasteiger partial charge in [-0.15, -0.1) is 0 Å². The number of carbonyl (C=O) groups excluding carboxylic acids is 2. The van der Waals surface area contributed by atoms with Crippen molar-refractivity contribution < 1.29 is 19.1 Å². The van der Waals surface area contributed by atoms with E-state index in [2.05, 4.69) is 5.32 Å². The van der Waals surface area contributed by atoms with Crippen LogP contribution in [0.1, 0.15) is 56.1 Å². The first-order valence-electron chi connectivity index (χ1n) is 11.2. The Bertz CT molecular complexity index is 1130. The molecular formula is C27H28ClNO4. The van der Waals surface area contributed by atoms with Crippen LogP contribution in [-0.4, -0.2) is 25.5 Å². The molecule has 0 fully saturated rings. The number of hydrogen-bond acceptors (Lipinski definition) is 5. The molecule has 0 bridgehead atoms. The lowest BCUT2D eigenvalue weighted by atomic mass is 9.71. The van der Waals surface area contributed by atoms with Crippen LogP contribution in [0.3, 0.4) is 0 Å². The van der Waals surface area contributed by atoms with Gasteiger partial charge in [0.25, 0.3) is 0 Å². The summed E-state index contributed by atoms with van der Waals surface area (Å²) in [6, 6.07) is 15.3. The normalized spacial score (nSPS) is 20.3. The zero-order chi connectivity index (χ0) is 23.5. The summed E-state index contributed by atoms with van der Waals surface area (Å²) in [5.74, 6) is -0.247. The van der Waals surface area contributed by atoms with Crippen molar-refractivity contribution in [1.82, 2.24) is 5.32 Å². The Balaban J connectivity index is 1.81. The van der Waals surface area contributed by atoms with E-state index in [0.717, 1.165) is 23.2 Å². The number of methoxy groups -OCH3 is 1. The number of allylic oxidation sites excluding steroid dienone is 3. The van der Waals surface area contributed by atoms with Crippen LogP contribution < -0.4 is 10.1 Å². The lowest BCUT2D eigenvalue weighted by Crippen LogP contribution is -2.36. The fourth-order valence-corrected chi connectivity index (χ4v) is 4.89. The Morgan fingerprint density at radius 2 is 1.85 bits per heavy atom. The van der Waals surface area contributed by atoms with Crippen LogP contribution in [-0.2, 0) is 14.3 Å². The highest BCUT2D eigenvalue weighted by molar-refractivity contribution is 6.30. The van der Waals surface area contributed by atoms with Crippen LogP contribution in [0.4, 0.5) is 0 Å². The second-order valence-electron chi connectivity index (χ2n) is 8.45. The number of halogens is 1. The highest BCUT2D eigenvalue weighted by Gasteiger charge is 2.42. The third-order valence-corrected chi connectivity index (χ3v) is 6.52. The predicted octanol–water partition coefficient (Wildman–Crippen LogP) is 5.66. The second-order valence-corrected chi connectivity index (χ2v) is 8.88. The van der Waals surface area contributed by atoms with Crippen LogP contribution in [0.2, 0.25) is 5.02 Å². The zero-order valence-electron chi connectivity index (χ0n) is 19.1. The van der Waals surface area contributed by atoms with Crippen LogP contribution in [0, 0.1) is 0 Å². The Hall–Kier alpha value is -3.05. The van der Waals surface area contributed by atoms with Gasteiger partial charge >= 0.3 is 5.97 Å². The first kappa shape index (κ1) is 23.1. The van der Waals surface area contributed by atoms with Gasteiger partial charge < -0.3 is 14.8 Å². The van der Waals surface area contributed by atoms with E-state index < -0.39 is 11.9 Å². The molecule has 0 saturated heterocycles. The third kappa shape index (κ3) is 4.55. The molecule has 5 nitrogen and oxygen atoms in total. The van der Waals surface area contributed by atoms with E-state index in [-0.39, 0.29) is 11.7 Å². The van der Waals surface area contributed by atoms with Crippen molar-refractivity contribution in [3.05, 3.63) is 87.2 Å². The summed E-state index contributed by atoms with van der Waals surface area (Å²) in [4.78, 5) is 26.5. The summed E-state index contributed by atoms with van der Waals surface area (Å²) >= 11 is 6.06. The summed E-state index contributed by atoms with van der Waals surface area (Å²) in [6.07, 6.45) is 1.89. The average Bonchev–Trinajstić information content (AvgIpc) is 2.82. The maximum Gasteiger partial charge on any atom is 0.336 e. The van der Waals surface area contributed by atoms with Crippen LogP contribution >= 0.6 is 11.6 Å². The fraction of sp³-hybridized carbons (Fsp3) is 0.333. The number of ether oxygens (including phenoxy) is 2. The molecule has 172 valence electrons. The van der Waals surface area contributed by atoms with Crippen molar-refractivity contribution >= 4 is 23.4 Å². The Morgan fingerprint density at radius 1 is 1.12 bits per heavy atom. The highest BCUT2D eigenvalue weighted by atomic mass is 35.5. The number of benzene rings is 2. The summed E-state index contributed by atoms with van der Waals surface area (Å²) in [5, 5.41) is 4.03. The number of hydrogen-bond donors (Lipinski definition) is 1. The molecule has 1 heterocycles. The van der Waals surface area contributed by atoms with Gasteiger partial charge in [0.1, 0.15) is 5.75 Å². The topological polar surface area (TPSA) is 64.6 Å². The molecule has 2 aromatic carbocycles. The molecule has 0 spiro atoms. The van der Waals surface area contributed by atoms with Crippen molar-refractivity contribution in [3.8, 4) is 5.75 Å². The average molecular weight is 466 g/mol. The van der Waals surface area contributed by atoms with Crippen molar-refractivity contribution in [2.24, 2.45) is 0 Å². The van der Waals surface area contributed by atoms with E-state index in [1.807, 2.05) is 62.4 Å². The van der Waals surface area contributed by atoms with Crippen LogP contribution in [0.15, 0.2) is 71.1 Å². The Labute approximate surface area is 199 Å². The van der Waals surface area contributed by atoms with Crippen molar-refractivity contribution in [3.63, 3.8) is 0 Å². The fourth-order valence-electron chi connectivity index (χ4n) is 4.76. The summed E-state index contributed by atoms with van der Waals surface area (Å²) in [6.45, 7) is 4.45. The monoisotopic (exact) mass is 465 g/mol. The summed E-state index contributed by atoms with van der Waals surface area (Å²) < 4.78 is 11.1. The largest absolute Gasteiger partial charge is 0.493 e. The zero-order valence-corrected chi connectivity index (χ0v) is 19.9.